The topological polar surface area (TPSA) is 58.2 Å². The number of amides is 2. The number of para-hydroxylation sites is 1. The molecule has 0 radical (unpaired) electrons. The van der Waals surface area contributed by atoms with E-state index >= 15 is 0 Å². The standard InChI is InChI=1S/C17H17BrN2O2/c1-11-7-8-13(9-12(11)2)19-16(21)10-17(22)20-15-6-4-3-5-14(15)18/h3-9H,10H2,1-2H3,(H,19,21)(H,20,22). The summed E-state index contributed by atoms with van der Waals surface area (Å²) in [6, 6.07) is 12.9. The van der Waals surface area contributed by atoms with Gasteiger partial charge in [0.25, 0.3) is 0 Å². The monoisotopic (exact) mass is 360 g/mol. The number of hydrogen-bond donors (Lipinski definition) is 2. The van der Waals surface area contributed by atoms with Crippen LogP contribution in [0.15, 0.2) is 46.9 Å². The average molecular weight is 361 g/mol. The first-order valence-electron chi connectivity index (χ1n) is 6.87. The Labute approximate surface area is 138 Å². The second kappa shape index (κ2) is 7.22. The van der Waals surface area contributed by atoms with E-state index in [0.29, 0.717) is 11.4 Å². The fourth-order valence-electron chi connectivity index (χ4n) is 1.93. The Bertz CT molecular complexity index is 714. The van der Waals surface area contributed by atoms with Crippen molar-refractivity contribution in [2.75, 3.05) is 10.6 Å². The lowest BCUT2D eigenvalue weighted by Gasteiger charge is -2.09. The van der Waals surface area contributed by atoms with Gasteiger partial charge in [-0.2, -0.15) is 0 Å². The molecule has 0 atom stereocenters. The van der Waals surface area contributed by atoms with Crippen molar-refractivity contribution in [3.8, 4) is 0 Å². The molecule has 4 nitrogen and oxygen atoms in total. The Balaban J connectivity index is 1.92. The van der Waals surface area contributed by atoms with Crippen molar-refractivity contribution in [2.24, 2.45) is 0 Å². The summed E-state index contributed by atoms with van der Waals surface area (Å²) < 4.78 is 0.776. The van der Waals surface area contributed by atoms with Crippen LogP contribution in [0, 0.1) is 13.8 Å². The van der Waals surface area contributed by atoms with Crippen LogP contribution in [-0.2, 0) is 9.59 Å². The summed E-state index contributed by atoms with van der Waals surface area (Å²) in [7, 11) is 0. The summed E-state index contributed by atoms with van der Waals surface area (Å²) in [6.07, 6.45) is -0.228. The summed E-state index contributed by atoms with van der Waals surface area (Å²) >= 11 is 3.34. The maximum atomic E-state index is 11.9. The summed E-state index contributed by atoms with van der Waals surface area (Å²) in [4.78, 5) is 23.8. The molecule has 2 rings (SSSR count). The van der Waals surface area contributed by atoms with E-state index in [0.717, 1.165) is 15.6 Å². The lowest BCUT2D eigenvalue weighted by molar-refractivity contribution is -0.123. The van der Waals surface area contributed by atoms with Crippen LogP contribution < -0.4 is 10.6 Å². The van der Waals surface area contributed by atoms with E-state index in [-0.39, 0.29) is 18.2 Å². The van der Waals surface area contributed by atoms with E-state index in [1.165, 1.54) is 0 Å². The van der Waals surface area contributed by atoms with Crippen molar-refractivity contribution >= 4 is 39.1 Å². The molecule has 0 aromatic heterocycles. The number of nitrogens with one attached hydrogen (secondary N) is 2. The second-order valence-electron chi connectivity index (χ2n) is 5.05. The Morgan fingerprint density at radius 3 is 2.32 bits per heavy atom. The molecule has 5 heteroatoms. The lowest BCUT2D eigenvalue weighted by Crippen LogP contribution is -2.21. The summed E-state index contributed by atoms with van der Waals surface area (Å²) in [5.74, 6) is -0.693. The Morgan fingerprint density at radius 2 is 1.64 bits per heavy atom. The van der Waals surface area contributed by atoms with Crippen LogP contribution in [0.2, 0.25) is 0 Å². The third-order valence-electron chi connectivity index (χ3n) is 3.26. The molecule has 2 aromatic carbocycles. The number of carbonyl (C=O) groups is 2. The maximum Gasteiger partial charge on any atom is 0.233 e. The normalized spacial score (nSPS) is 10.1. The van der Waals surface area contributed by atoms with Gasteiger partial charge in [-0.15, -0.1) is 0 Å². The van der Waals surface area contributed by atoms with E-state index in [1.54, 1.807) is 6.07 Å². The van der Waals surface area contributed by atoms with Crippen molar-refractivity contribution in [1.29, 1.82) is 0 Å². The molecule has 0 aliphatic carbocycles. The maximum absolute atomic E-state index is 11.9. The van der Waals surface area contributed by atoms with Gasteiger partial charge in [0.05, 0.1) is 5.69 Å². The number of aryl methyl sites for hydroxylation is 2. The van der Waals surface area contributed by atoms with Gasteiger partial charge in [0, 0.05) is 10.2 Å². The third kappa shape index (κ3) is 4.43. The van der Waals surface area contributed by atoms with Gasteiger partial charge in [0.1, 0.15) is 6.42 Å². The van der Waals surface area contributed by atoms with Gasteiger partial charge < -0.3 is 10.6 Å². The number of anilines is 2. The second-order valence-corrected chi connectivity index (χ2v) is 5.91. The molecular weight excluding hydrogens is 344 g/mol. The zero-order chi connectivity index (χ0) is 16.1. The lowest BCUT2D eigenvalue weighted by atomic mass is 10.1. The predicted octanol–water partition coefficient (Wildman–Crippen LogP) is 4.03. The molecule has 114 valence electrons. The van der Waals surface area contributed by atoms with Crippen LogP contribution in [0.4, 0.5) is 11.4 Å². The molecule has 0 spiro atoms. The number of hydrogen-bond acceptors (Lipinski definition) is 2. The first-order chi connectivity index (χ1) is 10.5. The van der Waals surface area contributed by atoms with Crippen molar-refractivity contribution in [2.45, 2.75) is 20.3 Å². The SMILES string of the molecule is Cc1ccc(NC(=O)CC(=O)Nc2ccccc2Br)cc1C. The van der Waals surface area contributed by atoms with Crippen molar-refractivity contribution in [3.05, 3.63) is 58.1 Å². The molecule has 2 N–H and O–H groups in total. The summed E-state index contributed by atoms with van der Waals surface area (Å²) in [6.45, 7) is 3.98. The quantitative estimate of drug-likeness (QED) is 0.808. The van der Waals surface area contributed by atoms with Gasteiger partial charge in [-0.3, -0.25) is 9.59 Å². The van der Waals surface area contributed by atoms with Crippen LogP contribution in [0.5, 0.6) is 0 Å². The minimum absolute atomic E-state index is 0.228. The zero-order valence-corrected chi connectivity index (χ0v) is 14.0. The van der Waals surface area contributed by atoms with Gasteiger partial charge in [0.2, 0.25) is 11.8 Å². The molecule has 0 saturated heterocycles. The van der Waals surface area contributed by atoms with E-state index in [4.69, 9.17) is 0 Å². The Hall–Kier alpha value is -2.14. The third-order valence-corrected chi connectivity index (χ3v) is 3.95. The molecular formula is C17H17BrN2O2. The van der Waals surface area contributed by atoms with Crippen LogP contribution in [-0.4, -0.2) is 11.8 Å². The molecule has 22 heavy (non-hydrogen) atoms. The summed E-state index contributed by atoms with van der Waals surface area (Å²) in [5, 5.41) is 5.43. The van der Waals surface area contributed by atoms with Crippen molar-refractivity contribution in [1.82, 2.24) is 0 Å². The van der Waals surface area contributed by atoms with Gasteiger partial charge in [-0.05, 0) is 65.2 Å². The molecule has 2 aromatic rings. The minimum Gasteiger partial charge on any atom is -0.326 e. The fraction of sp³-hybridized carbons (Fsp3) is 0.176. The first-order valence-corrected chi connectivity index (χ1v) is 7.66. The van der Waals surface area contributed by atoms with Gasteiger partial charge in [-0.1, -0.05) is 18.2 Å². The highest BCUT2D eigenvalue weighted by Gasteiger charge is 2.11. The highest BCUT2D eigenvalue weighted by molar-refractivity contribution is 9.10. The summed E-state index contributed by atoms with van der Waals surface area (Å²) in [5.41, 5.74) is 3.59. The van der Waals surface area contributed by atoms with E-state index in [9.17, 15) is 9.59 Å². The van der Waals surface area contributed by atoms with E-state index in [2.05, 4.69) is 26.6 Å². The fourth-order valence-corrected chi connectivity index (χ4v) is 2.31. The molecule has 2 amide bonds. The smallest absolute Gasteiger partial charge is 0.233 e. The first kappa shape index (κ1) is 16.2. The van der Waals surface area contributed by atoms with Crippen LogP contribution in [0.1, 0.15) is 17.5 Å². The van der Waals surface area contributed by atoms with Crippen molar-refractivity contribution in [3.63, 3.8) is 0 Å². The van der Waals surface area contributed by atoms with Gasteiger partial charge >= 0.3 is 0 Å². The van der Waals surface area contributed by atoms with Crippen LogP contribution in [0.3, 0.4) is 0 Å². The number of carbonyl (C=O) groups excluding carboxylic acids is 2. The molecule has 0 aliphatic heterocycles. The van der Waals surface area contributed by atoms with Gasteiger partial charge in [-0.25, -0.2) is 0 Å². The molecule has 0 saturated carbocycles. The average Bonchev–Trinajstić information content (AvgIpc) is 2.45. The molecule has 0 aliphatic rings. The minimum atomic E-state index is -0.353. The Kier molecular flexibility index (Phi) is 5.33. The predicted molar refractivity (Wildman–Crippen MR) is 91.9 cm³/mol. The Morgan fingerprint density at radius 1 is 0.955 bits per heavy atom. The van der Waals surface area contributed by atoms with Crippen LogP contribution in [0.25, 0.3) is 0 Å². The van der Waals surface area contributed by atoms with Crippen LogP contribution >= 0.6 is 15.9 Å². The van der Waals surface area contributed by atoms with Gasteiger partial charge in [0.15, 0.2) is 0 Å². The number of benzene rings is 2. The van der Waals surface area contributed by atoms with E-state index < -0.39 is 0 Å². The number of rotatable bonds is 4. The highest BCUT2D eigenvalue weighted by atomic mass is 79.9. The molecule has 0 heterocycles. The zero-order valence-electron chi connectivity index (χ0n) is 12.4. The molecule has 0 unspecified atom stereocenters. The van der Waals surface area contributed by atoms with Crippen molar-refractivity contribution < 1.29 is 9.59 Å². The molecule has 0 fully saturated rings. The molecule has 0 bridgehead atoms. The van der Waals surface area contributed by atoms with E-state index in [1.807, 2.05) is 50.2 Å². The largest absolute Gasteiger partial charge is 0.326 e. The highest BCUT2D eigenvalue weighted by Crippen LogP contribution is 2.21. The number of halogens is 1.